The van der Waals surface area contributed by atoms with Gasteiger partial charge in [-0.05, 0) is 127 Å². The Morgan fingerprint density at radius 2 is 1.00 bits per heavy atom. The van der Waals surface area contributed by atoms with Crippen molar-refractivity contribution in [2.45, 2.75) is 148 Å². The summed E-state index contributed by atoms with van der Waals surface area (Å²) in [6.07, 6.45) is 19.4. The number of anilines is 2. The van der Waals surface area contributed by atoms with E-state index in [1.165, 1.54) is 115 Å². The van der Waals surface area contributed by atoms with Crippen LogP contribution in [0.25, 0.3) is 0 Å². The smallest absolute Gasteiger partial charge is 0.0316 e. The number of nitrogens with two attached hydrogens (primary N) is 2. The van der Waals surface area contributed by atoms with E-state index in [-0.39, 0.29) is 5.41 Å². The molecule has 50 heavy (non-hydrogen) atoms. The topological polar surface area (TPSA) is 52.0 Å². The molecule has 0 amide bonds. The van der Waals surface area contributed by atoms with E-state index in [1.54, 1.807) is 0 Å². The minimum atomic E-state index is 0.0589. The Bertz CT molecular complexity index is 1500. The second-order valence-electron chi connectivity index (χ2n) is 15.7. The molecule has 268 valence electrons. The van der Waals surface area contributed by atoms with E-state index in [0.717, 1.165) is 43.0 Å². The maximum atomic E-state index is 6.15. The third kappa shape index (κ3) is 9.03. The highest BCUT2D eigenvalue weighted by Gasteiger charge is 2.38. The molecule has 1 aliphatic carbocycles. The molecule has 2 heteroatoms. The fourth-order valence-corrected chi connectivity index (χ4v) is 9.25. The fourth-order valence-electron chi connectivity index (χ4n) is 9.25. The van der Waals surface area contributed by atoms with E-state index in [0.29, 0.717) is 11.8 Å². The maximum absolute atomic E-state index is 6.15. The molecule has 1 aliphatic rings. The Labute approximate surface area is 305 Å². The van der Waals surface area contributed by atoms with E-state index >= 15 is 0 Å². The molecule has 0 heterocycles. The highest BCUT2D eigenvalue weighted by Crippen LogP contribution is 2.48. The molecular weight excluding hydrogens is 605 g/mol. The Morgan fingerprint density at radius 3 is 1.42 bits per heavy atom. The lowest BCUT2D eigenvalue weighted by Crippen LogP contribution is -2.33. The van der Waals surface area contributed by atoms with Crippen LogP contribution in [-0.4, -0.2) is 0 Å². The van der Waals surface area contributed by atoms with Gasteiger partial charge in [-0.25, -0.2) is 0 Å². The number of hydrogen-bond acceptors (Lipinski definition) is 2. The second kappa shape index (κ2) is 18.1. The van der Waals surface area contributed by atoms with Crippen LogP contribution >= 0.6 is 0 Å². The minimum Gasteiger partial charge on any atom is -0.399 e. The fraction of sp³-hybridized carbons (Fsp3) is 0.500. The molecule has 4 aromatic carbocycles. The summed E-state index contributed by atoms with van der Waals surface area (Å²) in [6, 6.07) is 32.7. The highest BCUT2D eigenvalue weighted by molar-refractivity contribution is 5.51. The van der Waals surface area contributed by atoms with Gasteiger partial charge in [-0.15, -0.1) is 0 Å². The summed E-state index contributed by atoms with van der Waals surface area (Å²) >= 11 is 0. The van der Waals surface area contributed by atoms with Crippen LogP contribution in [0.3, 0.4) is 0 Å². The molecule has 1 saturated carbocycles. The Morgan fingerprint density at radius 1 is 0.560 bits per heavy atom. The first kappa shape index (κ1) is 37.7. The van der Waals surface area contributed by atoms with Crippen molar-refractivity contribution < 1.29 is 0 Å². The third-order valence-electron chi connectivity index (χ3n) is 12.1. The van der Waals surface area contributed by atoms with Gasteiger partial charge in [0.25, 0.3) is 0 Å². The quantitative estimate of drug-likeness (QED) is 0.0867. The number of aryl methyl sites for hydroxylation is 2. The number of nitrogen functional groups attached to an aromatic ring is 2. The van der Waals surface area contributed by atoms with E-state index in [4.69, 9.17) is 11.5 Å². The first-order valence-corrected chi connectivity index (χ1v) is 20.2. The van der Waals surface area contributed by atoms with Crippen LogP contribution in [0.1, 0.15) is 173 Å². The molecule has 4 aromatic rings. The zero-order valence-corrected chi connectivity index (χ0v) is 32.1. The van der Waals surface area contributed by atoms with Crippen molar-refractivity contribution in [3.05, 3.63) is 129 Å². The van der Waals surface area contributed by atoms with E-state index in [1.807, 2.05) is 0 Å². The summed E-state index contributed by atoms with van der Waals surface area (Å²) in [6.45, 7) is 11.3. The van der Waals surface area contributed by atoms with Gasteiger partial charge in [-0.2, -0.15) is 0 Å². The average Bonchev–Trinajstić information content (AvgIpc) is 3.12. The van der Waals surface area contributed by atoms with Gasteiger partial charge in [0, 0.05) is 28.6 Å². The van der Waals surface area contributed by atoms with E-state index in [9.17, 15) is 0 Å². The van der Waals surface area contributed by atoms with Crippen LogP contribution in [0.15, 0.2) is 84.9 Å². The average molecular weight is 671 g/mol. The summed E-state index contributed by atoms with van der Waals surface area (Å²) in [4.78, 5) is 0. The molecule has 0 saturated heterocycles. The van der Waals surface area contributed by atoms with Crippen molar-refractivity contribution in [1.29, 1.82) is 0 Å². The predicted molar refractivity (Wildman–Crippen MR) is 218 cm³/mol. The molecule has 0 aliphatic heterocycles. The number of hydrogen-bond donors (Lipinski definition) is 2. The Hall–Kier alpha value is -3.52. The number of rotatable bonds is 17. The first-order chi connectivity index (χ1) is 24.3. The molecule has 0 spiro atoms. The summed E-state index contributed by atoms with van der Waals surface area (Å²) < 4.78 is 0. The molecule has 5 rings (SSSR count). The molecule has 1 fully saturated rings. The zero-order valence-electron chi connectivity index (χ0n) is 32.1. The van der Waals surface area contributed by atoms with Gasteiger partial charge in [-0.3, -0.25) is 0 Å². The van der Waals surface area contributed by atoms with Gasteiger partial charge in [-0.1, -0.05) is 139 Å². The largest absolute Gasteiger partial charge is 0.399 e. The van der Waals surface area contributed by atoms with Crippen molar-refractivity contribution in [3.63, 3.8) is 0 Å². The SMILES string of the molecule is CCCCCCCCC1CCC(c2ccc(C(CCC)c3ccc(N)cc3C)cc2)(c2ccc(C(CCC)c3ccc(N)cc3C)cc2)CC1. The Balaban J connectivity index is 1.44. The molecule has 2 unspecified atom stereocenters. The van der Waals surface area contributed by atoms with Crippen LogP contribution in [0.2, 0.25) is 0 Å². The lowest BCUT2D eigenvalue weighted by molar-refractivity contribution is 0.250. The molecule has 0 bridgehead atoms. The standard InChI is InChI=1S/C48H66N2/c1-6-9-10-11-12-13-16-37-29-31-48(32-30-37,40-21-17-38(18-22-40)46(14-7-2)44-27-25-42(49)33-35(44)4)41-23-19-39(20-24-41)47(15-8-3)45-28-26-43(50)34-36(45)5/h17-28,33-34,37,46-47H,6-16,29-32,49-50H2,1-5H3. The molecule has 4 N–H and O–H groups in total. The first-order valence-electron chi connectivity index (χ1n) is 20.2. The van der Waals surface area contributed by atoms with Crippen LogP contribution in [0.4, 0.5) is 11.4 Å². The van der Waals surface area contributed by atoms with Gasteiger partial charge >= 0.3 is 0 Å². The third-order valence-corrected chi connectivity index (χ3v) is 12.1. The van der Waals surface area contributed by atoms with Gasteiger partial charge in [0.2, 0.25) is 0 Å². The van der Waals surface area contributed by atoms with Crippen LogP contribution < -0.4 is 11.5 Å². The van der Waals surface area contributed by atoms with E-state index < -0.39 is 0 Å². The Kier molecular flexibility index (Phi) is 13.7. The molecule has 2 nitrogen and oxygen atoms in total. The lowest BCUT2D eigenvalue weighted by Gasteiger charge is -2.42. The van der Waals surface area contributed by atoms with Crippen LogP contribution in [0.5, 0.6) is 0 Å². The summed E-state index contributed by atoms with van der Waals surface area (Å²) in [7, 11) is 0. The molecule has 0 radical (unpaired) electrons. The van der Waals surface area contributed by atoms with Crippen molar-refractivity contribution in [2.75, 3.05) is 11.5 Å². The maximum Gasteiger partial charge on any atom is 0.0316 e. The van der Waals surface area contributed by atoms with Crippen molar-refractivity contribution in [1.82, 2.24) is 0 Å². The monoisotopic (exact) mass is 671 g/mol. The minimum absolute atomic E-state index is 0.0589. The second-order valence-corrected chi connectivity index (χ2v) is 15.7. The zero-order chi connectivity index (χ0) is 35.5. The molecule has 0 aromatic heterocycles. The van der Waals surface area contributed by atoms with Gasteiger partial charge in [0.05, 0.1) is 0 Å². The summed E-state index contributed by atoms with van der Waals surface area (Å²) in [5, 5.41) is 0. The summed E-state index contributed by atoms with van der Waals surface area (Å²) in [5.74, 6) is 1.65. The lowest BCUT2D eigenvalue weighted by atomic mass is 9.62. The van der Waals surface area contributed by atoms with Crippen LogP contribution in [0, 0.1) is 19.8 Å². The van der Waals surface area contributed by atoms with E-state index in [2.05, 4.69) is 120 Å². The van der Waals surface area contributed by atoms with Crippen LogP contribution in [-0.2, 0) is 5.41 Å². The molecule has 2 atom stereocenters. The summed E-state index contributed by atoms with van der Waals surface area (Å²) in [5.41, 5.74) is 25.3. The van der Waals surface area contributed by atoms with Gasteiger partial charge in [0.1, 0.15) is 0 Å². The van der Waals surface area contributed by atoms with Crippen molar-refractivity contribution in [3.8, 4) is 0 Å². The number of unbranched alkanes of at least 4 members (excludes halogenated alkanes) is 5. The predicted octanol–water partition coefficient (Wildman–Crippen LogP) is 13.6. The van der Waals surface area contributed by atoms with Gasteiger partial charge in [0.15, 0.2) is 0 Å². The van der Waals surface area contributed by atoms with Gasteiger partial charge < -0.3 is 11.5 Å². The molecular formula is C48H66N2. The van der Waals surface area contributed by atoms with Crippen molar-refractivity contribution >= 4 is 11.4 Å². The van der Waals surface area contributed by atoms with Crippen molar-refractivity contribution in [2.24, 2.45) is 5.92 Å². The highest BCUT2D eigenvalue weighted by atomic mass is 14.5. The normalized spacial score (nSPS) is 18.9. The number of benzene rings is 4.